The quantitative estimate of drug-likeness (QED) is 0.766. The maximum atomic E-state index is 10.4. The third kappa shape index (κ3) is 3.42. The molecule has 0 aromatic heterocycles. The molecule has 0 radical (unpaired) electrons. The van der Waals surface area contributed by atoms with Crippen LogP contribution in [-0.2, 0) is 0 Å². The van der Waals surface area contributed by atoms with E-state index in [4.69, 9.17) is 0 Å². The van der Waals surface area contributed by atoms with Crippen molar-refractivity contribution in [1.29, 1.82) is 0 Å². The van der Waals surface area contributed by atoms with E-state index in [1.807, 2.05) is 12.2 Å². The number of unbranched alkanes of at least 4 members (excludes halogenated alkanes) is 1. The fourth-order valence-corrected chi connectivity index (χ4v) is 3.50. The number of aliphatic hydroxyl groups excluding tert-OH is 1. The minimum Gasteiger partial charge on any atom is -0.510 e. The largest absolute Gasteiger partial charge is 0.510 e. The highest BCUT2D eigenvalue weighted by molar-refractivity contribution is 5.28. The van der Waals surface area contributed by atoms with Gasteiger partial charge in [-0.15, -0.1) is 0 Å². The third-order valence-corrected chi connectivity index (χ3v) is 4.85. The van der Waals surface area contributed by atoms with Crippen LogP contribution in [0.25, 0.3) is 0 Å². The van der Waals surface area contributed by atoms with Gasteiger partial charge in [-0.2, -0.15) is 0 Å². The summed E-state index contributed by atoms with van der Waals surface area (Å²) in [6.07, 6.45) is 16.3. The summed E-state index contributed by atoms with van der Waals surface area (Å²) in [4.78, 5) is 0. The van der Waals surface area contributed by atoms with E-state index in [-0.39, 0.29) is 5.54 Å². The van der Waals surface area contributed by atoms with Crippen molar-refractivity contribution in [2.75, 3.05) is 0 Å². The molecule has 0 aliphatic heterocycles. The smallest absolute Gasteiger partial charge is 0.113 e. The van der Waals surface area contributed by atoms with Gasteiger partial charge in [-0.25, -0.2) is 0 Å². The summed E-state index contributed by atoms with van der Waals surface area (Å²) >= 11 is 0. The second-order valence-electron chi connectivity index (χ2n) is 6.37. The molecule has 2 atom stereocenters. The van der Waals surface area contributed by atoms with Crippen LogP contribution in [0.5, 0.6) is 0 Å². The molecule has 2 unspecified atom stereocenters. The normalized spacial score (nSPS) is 32.3. The Bertz CT molecular complexity index is 341. The number of rotatable bonds is 5. The average molecular weight is 263 g/mol. The molecule has 0 bridgehead atoms. The first-order chi connectivity index (χ1) is 9.16. The molecular weight excluding hydrogens is 234 g/mol. The predicted octanol–water partition coefficient (Wildman–Crippen LogP) is 4.49. The molecular formula is C17H29NO. The van der Waals surface area contributed by atoms with E-state index < -0.39 is 0 Å². The molecule has 1 fully saturated rings. The summed E-state index contributed by atoms with van der Waals surface area (Å²) in [5.74, 6) is 0.932. The standard InChI is InChI=1S/C17H29NO/c1-3-4-9-14-10-8-13-16(19)17(14,2)18-15-11-6-5-7-12-15/h8,10,13-15,18-19H,3-7,9,11-12H2,1-2H3. The van der Waals surface area contributed by atoms with Crippen molar-refractivity contribution in [2.45, 2.75) is 76.8 Å². The topological polar surface area (TPSA) is 32.3 Å². The Kier molecular flexibility index (Phi) is 5.09. The molecule has 2 rings (SSSR count). The van der Waals surface area contributed by atoms with Crippen molar-refractivity contribution in [2.24, 2.45) is 5.92 Å². The molecule has 19 heavy (non-hydrogen) atoms. The first kappa shape index (κ1) is 14.6. The van der Waals surface area contributed by atoms with Gasteiger partial charge in [0.15, 0.2) is 0 Å². The molecule has 0 aromatic carbocycles. The van der Waals surface area contributed by atoms with Crippen LogP contribution in [0.15, 0.2) is 24.0 Å². The number of hydrogen-bond donors (Lipinski definition) is 2. The fourth-order valence-electron chi connectivity index (χ4n) is 3.50. The van der Waals surface area contributed by atoms with Crippen LogP contribution in [0.1, 0.15) is 65.2 Å². The summed E-state index contributed by atoms with van der Waals surface area (Å²) in [6, 6.07) is 0.574. The van der Waals surface area contributed by atoms with Crippen LogP contribution in [-0.4, -0.2) is 16.7 Å². The monoisotopic (exact) mass is 263 g/mol. The van der Waals surface area contributed by atoms with E-state index >= 15 is 0 Å². The van der Waals surface area contributed by atoms with Crippen molar-refractivity contribution in [3.63, 3.8) is 0 Å². The van der Waals surface area contributed by atoms with Crippen LogP contribution < -0.4 is 5.32 Å². The van der Waals surface area contributed by atoms with Crippen LogP contribution in [0.2, 0.25) is 0 Å². The number of nitrogens with one attached hydrogen (secondary N) is 1. The molecule has 2 heteroatoms. The summed E-state index contributed by atoms with van der Waals surface area (Å²) in [7, 11) is 0. The molecule has 108 valence electrons. The Morgan fingerprint density at radius 2 is 2.05 bits per heavy atom. The highest BCUT2D eigenvalue weighted by Crippen LogP contribution is 2.34. The maximum Gasteiger partial charge on any atom is 0.113 e. The molecule has 0 amide bonds. The lowest BCUT2D eigenvalue weighted by atomic mass is 9.76. The van der Waals surface area contributed by atoms with E-state index in [1.54, 1.807) is 0 Å². The molecule has 1 saturated carbocycles. The van der Waals surface area contributed by atoms with Crippen LogP contribution in [0.4, 0.5) is 0 Å². The second-order valence-corrected chi connectivity index (χ2v) is 6.37. The molecule has 0 heterocycles. The Morgan fingerprint density at radius 1 is 1.32 bits per heavy atom. The zero-order valence-corrected chi connectivity index (χ0v) is 12.5. The van der Waals surface area contributed by atoms with E-state index in [1.165, 1.54) is 44.9 Å². The Morgan fingerprint density at radius 3 is 2.74 bits per heavy atom. The number of allylic oxidation sites excluding steroid dienone is 2. The Balaban J connectivity index is 2.05. The van der Waals surface area contributed by atoms with Gasteiger partial charge in [0.1, 0.15) is 5.76 Å². The van der Waals surface area contributed by atoms with Crippen molar-refractivity contribution < 1.29 is 5.11 Å². The number of aliphatic hydroxyl groups is 1. The summed E-state index contributed by atoms with van der Waals surface area (Å²) in [5, 5.41) is 14.1. The SMILES string of the molecule is CCCCC1C=CC=C(O)C1(C)NC1CCCCC1. The Labute approximate surface area is 118 Å². The van der Waals surface area contributed by atoms with Gasteiger partial charge >= 0.3 is 0 Å². The second kappa shape index (κ2) is 6.60. The molecule has 2 aliphatic rings. The van der Waals surface area contributed by atoms with Gasteiger partial charge in [-0.3, -0.25) is 0 Å². The van der Waals surface area contributed by atoms with Crippen LogP contribution in [0.3, 0.4) is 0 Å². The predicted molar refractivity (Wildman–Crippen MR) is 81.3 cm³/mol. The van der Waals surface area contributed by atoms with Gasteiger partial charge in [-0.05, 0) is 32.3 Å². The lowest BCUT2D eigenvalue weighted by Crippen LogP contribution is -2.55. The summed E-state index contributed by atoms with van der Waals surface area (Å²) < 4.78 is 0. The van der Waals surface area contributed by atoms with Gasteiger partial charge in [0.2, 0.25) is 0 Å². The fraction of sp³-hybridized carbons (Fsp3) is 0.765. The van der Waals surface area contributed by atoms with E-state index in [0.29, 0.717) is 17.7 Å². The first-order valence-corrected chi connectivity index (χ1v) is 8.02. The average Bonchev–Trinajstić information content (AvgIpc) is 2.42. The molecule has 0 saturated heterocycles. The van der Waals surface area contributed by atoms with Crippen molar-refractivity contribution >= 4 is 0 Å². The summed E-state index contributed by atoms with van der Waals surface area (Å²) in [6.45, 7) is 4.41. The van der Waals surface area contributed by atoms with Gasteiger partial charge < -0.3 is 10.4 Å². The van der Waals surface area contributed by atoms with E-state index in [2.05, 4.69) is 25.2 Å². The minimum absolute atomic E-state index is 0.258. The molecule has 0 spiro atoms. The summed E-state index contributed by atoms with van der Waals surface area (Å²) in [5.41, 5.74) is -0.258. The molecule has 2 N–H and O–H groups in total. The van der Waals surface area contributed by atoms with E-state index in [0.717, 1.165) is 6.42 Å². The third-order valence-electron chi connectivity index (χ3n) is 4.85. The Hall–Kier alpha value is -0.760. The first-order valence-electron chi connectivity index (χ1n) is 8.02. The number of hydrogen-bond acceptors (Lipinski definition) is 2. The highest BCUT2D eigenvalue weighted by Gasteiger charge is 2.39. The van der Waals surface area contributed by atoms with Gasteiger partial charge in [-0.1, -0.05) is 51.2 Å². The lowest BCUT2D eigenvalue weighted by molar-refractivity contribution is 0.171. The molecule has 0 aromatic rings. The zero-order chi connectivity index (χ0) is 13.7. The van der Waals surface area contributed by atoms with Crippen LogP contribution >= 0.6 is 0 Å². The van der Waals surface area contributed by atoms with Crippen molar-refractivity contribution in [1.82, 2.24) is 5.32 Å². The highest BCUT2D eigenvalue weighted by atomic mass is 16.3. The van der Waals surface area contributed by atoms with Gasteiger partial charge in [0.25, 0.3) is 0 Å². The van der Waals surface area contributed by atoms with Gasteiger partial charge in [0, 0.05) is 12.0 Å². The molecule has 2 nitrogen and oxygen atoms in total. The van der Waals surface area contributed by atoms with Gasteiger partial charge in [0.05, 0.1) is 5.54 Å². The van der Waals surface area contributed by atoms with E-state index in [9.17, 15) is 5.11 Å². The maximum absolute atomic E-state index is 10.4. The molecule has 2 aliphatic carbocycles. The lowest BCUT2D eigenvalue weighted by Gasteiger charge is -2.42. The zero-order valence-electron chi connectivity index (χ0n) is 12.5. The minimum atomic E-state index is -0.258. The van der Waals surface area contributed by atoms with Crippen molar-refractivity contribution in [3.05, 3.63) is 24.0 Å². The van der Waals surface area contributed by atoms with Crippen LogP contribution in [0, 0.1) is 5.92 Å². The van der Waals surface area contributed by atoms with Crippen molar-refractivity contribution in [3.8, 4) is 0 Å².